The van der Waals surface area contributed by atoms with Gasteiger partial charge in [0, 0.05) is 69.4 Å². The molecule has 186 valence electrons. The van der Waals surface area contributed by atoms with Gasteiger partial charge in [0.2, 0.25) is 5.91 Å². The van der Waals surface area contributed by atoms with Gasteiger partial charge in [-0.1, -0.05) is 56.7 Å². The molecule has 0 saturated carbocycles. The first kappa shape index (κ1) is 25.1. The maximum Gasteiger partial charge on any atom is 0.251 e. The number of carbonyl (C=O) groups is 2. The molecule has 2 aromatic carbocycles. The maximum atomic E-state index is 12.9. The van der Waals surface area contributed by atoms with Gasteiger partial charge in [0.1, 0.15) is 0 Å². The number of piperazine rings is 1. The van der Waals surface area contributed by atoms with E-state index in [1.165, 1.54) is 5.56 Å². The number of aromatic nitrogens is 1. The fraction of sp³-hybridized carbons (Fsp3) is 0.448. The Bertz CT molecular complexity index is 1180. The highest BCUT2D eigenvalue weighted by molar-refractivity contribution is 5.94. The third kappa shape index (κ3) is 6.00. The number of fused-ring (bicyclic) bond motifs is 1. The van der Waals surface area contributed by atoms with Crippen LogP contribution in [-0.2, 0) is 6.54 Å². The summed E-state index contributed by atoms with van der Waals surface area (Å²) in [7, 11) is 0. The van der Waals surface area contributed by atoms with Gasteiger partial charge in [0.05, 0.1) is 5.52 Å². The lowest BCUT2D eigenvalue weighted by Gasteiger charge is -2.40. The molecule has 6 nitrogen and oxygen atoms in total. The molecule has 1 saturated heterocycles. The van der Waals surface area contributed by atoms with Crippen molar-refractivity contribution in [1.29, 1.82) is 0 Å². The van der Waals surface area contributed by atoms with Crippen LogP contribution >= 0.6 is 0 Å². The molecule has 35 heavy (non-hydrogen) atoms. The standard InChI is InChI=1S/C29H38N4O2/c1-21-10-12-23(13-11-21)28(35)30-27(29(3,4)5)20-32-16-14-31(15-17-32)18-24-19-33(22(2)34)26-9-7-6-8-25(24)26/h6-13,19,27H,14-18,20H2,1-5H3,(H,30,35). The first-order valence-electron chi connectivity index (χ1n) is 12.5. The van der Waals surface area contributed by atoms with Crippen molar-refractivity contribution in [3.05, 3.63) is 71.4 Å². The summed E-state index contributed by atoms with van der Waals surface area (Å²) in [5.41, 5.74) is 3.98. The quantitative estimate of drug-likeness (QED) is 0.569. The molecule has 0 bridgehead atoms. The van der Waals surface area contributed by atoms with Crippen molar-refractivity contribution in [3.8, 4) is 0 Å². The van der Waals surface area contributed by atoms with E-state index in [1.54, 1.807) is 11.5 Å². The van der Waals surface area contributed by atoms with Crippen LogP contribution in [0.15, 0.2) is 54.7 Å². The molecule has 1 amide bonds. The smallest absolute Gasteiger partial charge is 0.251 e. The summed E-state index contributed by atoms with van der Waals surface area (Å²) in [6, 6.07) is 15.9. The van der Waals surface area contributed by atoms with E-state index in [0.717, 1.165) is 55.7 Å². The van der Waals surface area contributed by atoms with Crippen LogP contribution in [0, 0.1) is 12.3 Å². The Kier molecular flexibility index (Phi) is 7.43. The summed E-state index contributed by atoms with van der Waals surface area (Å²) in [6.45, 7) is 15.7. The molecule has 1 aliphatic rings. The van der Waals surface area contributed by atoms with Crippen LogP contribution < -0.4 is 5.32 Å². The number of amides is 1. The first-order valence-corrected chi connectivity index (χ1v) is 12.5. The fourth-order valence-electron chi connectivity index (χ4n) is 4.75. The van der Waals surface area contributed by atoms with Gasteiger partial charge in [-0.05, 0) is 36.1 Å². The van der Waals surface area contributed by atoms with Crippen LogP contribution in [0.2, 0.25) is 0 Å². The number of nitrogens with one attached hydrogen (secondary N) is 1. The van der Waals surface area contributed by atoms with Gasteiger partial charge in [0.25, 0.3) is 5.91 Å². The number of nitrogens with zero attached hydrogens (tertiary/aromatic N) is 3. The number of para-hydroxylation sites is 1. The second-order valence-corrected chi connectivity index (χ2v) is 10.9. The number of hydrogen-bond donors (Lipinski definition) is 1. The minimum Gasteiger partial charge on any atom is -0.347 e. The van der Waals surface area contributed by atoms with Crippen molar-refractivity contribution in [3.63, 3.8) is 0 Å². The van der Waals surface area contributed by atoms with Gasteiger partial charge in [-0.2, -0.15) is 0 Å². The Morgan fingerprint density at radius 1 is 0.943 bits per heavy atom. The van der Waals surface area contributed by atoms with Gasteiger partial charge in [0.15, 0.2) is 0 Å². The summed E-state index contributed by atoms with van der Waals surface area (Å²) >= 11 is 0. The zero-order valence-electron chi connectivity index (χ0n) is 21.7. The molecule has 6 heteroatoms. The lowest BCUT2D eigenvalue weighted by molar-refractivity contribution is 0.0791. The average molecular weight is 475 g/mol. The Labute approximate surface area is 208 Å². The highest BCUT2D eigenvalue weighted by Gasteiger charge is 2.30. The molecular weight excluding hydrogens is 436 g/mol. The molecule has 0 aliphatic carbocycles. The molecule has 1 aromatic heterocycles. The van der Waals surface area contributed by atoms with E-state index in [2.05, 4.69) is 42.0 Å². The average Bonchev–Trinajstić information content (AvgIpc) is 3.18. The number of benzene rings is 2. The second-order valence-electron chi connectivity index (χ2n) is 10.9. The molecule has 1 N–H and O–H groups in total. The maximum absolute atomic E-state index is 12.9. The molecule has 1 fully saturated rings. The van der Waals surface area contributed by atoms with E-state index in [9.17, 15) is 9.59 Å². The predicted molar refractivity (Wildman–Crippen MR) is 142 cm³/mol. The third-order valence-electron chi connectivity index (χ3n) is 7.10. The highest BCUT2D eigenvalue weighted by atomic mass is 16.2. The molecule has 1 atom stereocenters. The molecular formula is C29H38N4O2. The molecule has 1 aliphatic heterocycles. The van der Waals surface area contributed by atoms with Crippen LogP contribution in [0.5, 0.6) is 0 Å². The molecule has 2 heterocycles. The van der Waals surface area contributed by atoms with Crippen LogP contribution in [0.4, 0.5) is 0 Å². The molecule has 1 unspecified atom stereocenters. The van der Waals surface area contributed by atoms with E-state index in [1.807, 2.05) is 55.6 Å². The summed E-state index contributed by atoms with van der Waals surface area (Å²) in [5.74, 6) is 0.0311. The lowest BCUT2D eigenvalue weighted by atomic mass is 9.86. The van der Waals surface area contributed by atoms with Crippen molar-refractivity contribution < 1.29 is 9.59 Å². The number of carbonyl (C=O) groups excluding carboxylic acids is 2. The monoisotopic (exact) mass is 474 g/mol. The summed E-state index contributed by atoms with van der Waals surface area (Å²) in [6.07, 6.45) is 2.00. The Morgan fingerprint density at radius 3 is 2.20 bits per heavy atom. The van der Waals surface area contributed by atoms with Crippen molar-refractivity contribution in [2.24, 2.45) is 5.41 Å². The topological polar surface area (TPSA) is 57.6 Å². The first-order chi connectivity index (χ1) is 16.6. The minimum atomic E-state index is -0.0496. The Balaban J connectivity index is 1.37. The Morgan fingerprint density at radius 2 is 1.57 bits per heavy atom. The van der Waals surface area contributed by atoms with Crippen molar-refractivity contribution in [2.45, 2.75) is 47.2 Å². The highest BCUT2D eigenvalue weighted by Crippen LogP contribution is 2.24. The fourth-order valence-corrected chi connectivity index (χ4v) is 4.75. The van der Waals surface area contributed by atoms with Crippen LogP contribution in [0.3, 0.4) is 0 Å². The summed E-state index contributed by atoms with van der Waals surface area (Å²) < 4.78 is 1.76. The predicted octanol–water partition coefficient (Wildman–Crippen LogP) is 4.57. The van der Waals surface area contributed by atoms with E-state index in [0.29, 0.717) is 5.56 Å². The van der Waals surface area contributed by atoms with Crippen LogP contribution in [-0.4, -0.2) is 64.9 Å². The Hall–Kier alpha value is -2.96. The van der Waals surface area contributed by atoms with E-state index in [4.69, 9.17) is 0 Å². The second kappa shape index (κ2) is 10.3. The van der Waals surface area contributed by atoms with E-state index in [-0.39, 0.29) is 23.3 Å². The molecule has 3 aromatic rings. The SMILES string of the molecule is CC(=O)n1cc(CN2CCN(CC(NC(=O)c3ccc(C)cc3)C(C)(C)C)CC2)c2ccccc21. The largest absolute Gasteiger partial charge is 0.347 e. The van der Waals surface area contributed by atoms with Gasteiger partial charge >= 0.3 is 0 Å². The molecule has 0 spiro atoms. The zero-order valence-corrected chi connectivity index (χ0v) is 21.7. The van der Waals surface area contributed by atoms with Crippen molar-refractivity contribution in [2.75, 3.05) is 32.7 Å². The van der Waals surface area contributed by atoms with Gasteiger partial charge < -0.3 is 5.32 Å². The van der Waals surface area contributed by atoms with Gasteiger partial charge in [-0.3, -0.25) is 24.0 Å². The van der Waals surface area contributed by atoms with Crippen molar-refractivity contribution >= 4 is 22.7 Å². The summed E-state index contributed by atoms with van der Waals surface area (Å²) in [5, 5.41) is 4.45. The third-order valence-corrected chi connectivity index (χ3v) is 7.10. The van der Waals surface area contributed by atoms with Gasteiger partial charge in [-0.25, -0.2) is 0 Å². The number of aryl methyl sites for hydroxylation is 1. The molecule has 4 rings (SSSR count). The number of rotatable bonds is 6. The van der Waals surface area contributed by atoms with Crippen LogP contribution in [0.1, 0.15) is 54.0 Å². The number of hydrogen-bond acceptors (Lipinski definition) is 4. The normalized spacial score (nSPS) is 16.4. The molecule has 0 radical (unpaired) electrons. The van der Waals surface area contributed by atoms with Crippen molar-refractivity contribution in [1.82, 2.24) is 19.7 Å². The minimum absolute atomic E-state index is 0.00887. The van der Waals surface area contributed by atoms with Crippen LogP contribution in [0.25, 0.3) is 10.9 Å². The van der Waals surface area contributed by atoms with E-state index < -0.39 is 0 Å². The zero-order chi connectivity index (χ0) is 25.2. The lowest BCUT2D eigenvalue weighted by Crippen LogP contribution is -2.54. The van der Waals surface area contributed by atoms with E-state index >= 15 is 0 Å². The van der Waals surface area contributed by atoms with Gasteiger partial charge in [-0.15, -0.1) is 0 Å². The summed E-state index contributed by atoms with van der Waals surface area (Å²) in [4.78, 5) is 29.9.